The third kappa shape index (κ3) is 17.4. The number of benzene rings is 5. The molecule has 0 saturated carbocycles. The highest BCUT2D eigenvalue weighted by Gasteiger charge is 2.20. The standard InChI is InChI=1S/C66H82N2.C8H18/c1-15-18-20-23-50-28-33-52(34-29-50)48(7)63(54-35-30-51(31-36-54)24-21-19-16-2)68-64-49(8)57(46(5)25-27-47(6)65(9,10)11)41-42-58(64)53(22-17-3)32-26-45(4)55-37-39-59-60-40-38-56(66(12,13)14)44-62(60)67-61(59)43-55;1-3-5-7-8-6-4-2/h25-44,67H,7,15-24H2,1-6,8-14H3;3-8H2,1-2H3/b45-26+,46-25+,47-27+,53-32+,68-63?;. The minimum atomic E-state index is 0.0923. The van der Waals surface area contributed by atoms with Gasteiger partial charge in [0.2, 0.25) is 0 Å². The highest BCUT2D eigenvalue weighted by atomic mass is 14.8. The lowest BCUT2D eigenvalue weighted by Gasteiger charge is -2.20. The van der Waals surface area contributed by atoms with E-state index in [2.05, 4.69) is 230 Å². The van der Waals surface area contributed by atoms with Gasteiger partial charge in [0.15, 0.2) is 0 Å². The van der Waals surface area contributed by atoms with Gasteiger partial charge in [0.1, 0.15) is 0 Å². The molecule has 6 rings (SSSR count). The fraction of sp³-hybridized carbons (Fsp3) is 0.446. The van der Waals surface area contributed by atoms with Crippen LogP contribution in [0.4, 0.5) is 5.69 Å². The van der Waals surface area contributed by atoms with Crippen LogP contribution in [0.3, 0.4) is 0 Å². The van der Waals surface area contributed by atoms with Crippen molar-refractivity contribution < 1.29 is 0 Å². The van der Waals surface area contributed by atoms with Gasteiger partial charge < -0.3 is 4.98 Å². The number of hydrogen-bond donors (Lipinski definition) is 1. The minimum absolute atomic E-state index is 0.0923. The molecule has 2 nitrogen and oxygen atoms in total. The van der Waals surface area contributed by atoms with E-state index in [0.717, 1.165) is 53.8 Å². The second-order valence-corrected chi connectivity index (χ2v) is 23.9. The smallest absolute Gasteiger partial charge is 0.0781 e. The molecule has 0 radical (unpaired) electrons. The van der Waals surface area contributed by atoms with Gasteiger partial charge in [0.25, 0.3) is 0 Å². The lowest BCUT2D eigenvalue weighted by molar-refractivity contribution is 0.504. The molecule has 6 aromatic rings. The van der Waals surface area contributed by atoms with Crippen molar-refractivity contribution in [3.8, 4) is 0 Å². The average Bonchev–Trinajstić information content (AvgIpc) is 3.80. The Morgan fingerprint density at radius 3 is 1.55 bits per heavy atom. The molecule has 1 aromatic heterocycles. The molecule has 0 bridgehead atoms. The average molecular weight is 1020 g/mol. The van der Waals surface area contributed by atoms with Crippen LogP contribution in [0.5, 0.6) is 0 Å². The lowest BCUT2D eigenvalue weighted by atomic mass is 9.86. The van der Waals surface area contributed by atoms with Crippen molar-refractivity contribution in [2.45, 2.75) is 212 Å². The highest BCUT2D eigenvalue weighted by molar-refractivity contribution is 6.32. The Morgan fingerprint density at radius 1 is 0.513 bits per heavy atom. The van der Waals surface area contributed by atoms with Crippen molar-refractivity contribution in [2.75, 3.05) is 0 Å². The van der Waals surface area contributed by atoms with Crippen LogP contribution in [0.1, 0.15) is 237 Å². The molecule has 0 aliphatic rings. The molecule has 0 fully saturated rings. The van der Waals surface area contributed by atoms with E-state index >= 15 is 0 Å². The maximum absolute atomic E-state index is 5.84. The molecule has 0 spiro atoms. The molecule has 5 aromatic carbocycles. The number of allylic oxidation sites excluding steroid dienone is 9. The highest BCUT2D eigenvalue weighted by Crippen LogP contribution is 2.39. The fourth-order valence-electron chi connectivity index (χ4n) is 9.91. The molecule has 0 atom stereocenters. The van der Waals surface area contributed by atoms with Crippen LogP contribution < -0.4 is 0 Å². The van der Waals surface area contributed by atoms with Crippen molar-refractivity contribution in [3.63, 3.8) is 0 Å². The number of aliphatic imine (C=N–C) groups is 1. The van der Waals surface area contributed by atoms with Gasteiger partial charge in [-0.15, -0.1) is 0 Å². The minimum Gasteiger partial charge on any atom is -0.354 e. The molecular formula is C74H100N2. The Morgan fingerprint density at radius 2 is 1.01 bits per heavy atom. The first-order valence-electron chi connectivity index (χ1n) is 29.7. The lowest BCUT2D eigenvalue weighted by Crippen LogP contribution is -2.10. The predicted molar refractivity (Wildman–Crippen MR) is 343 cm³/mol. The van der Waals surface area contributed by atoms with Crippen LogP contribution in [0, 0.1) is 12.3 Å². The number of nitrogens with zero attached hydrogens (tertiary/aromatic N) is 1. The summed E-state index contributed by atoms with van der Waals surface area (Å²) >= 11 is 0. The number of rotatable bonds is 24. The summed E-state index contributed by atoms with van der Waals surface area (Å²) in [6, 6.07) is 36.6. The summed E-state index contributed by atoms with van der Waals surface area (Å²) in [6.45, 7) is 38.8. The molecule has 0 aliphatic carbocycles. The Balaban J connectivity index is 0.00000123. The first-order chi connectivity index (χ1) is 36.3. The predicted octanol–water partition coefficient (Wildman–Crippen LogP) is 23.3. The SMILES string of the molecule is C=C(C(=Nc1c(/C(=C/C=C(\C)c2ccc3c(c2)[nH]c2cc(C(C)(C)C)ccc23)CCC)ccc(/C(C)=C/C=C(\C)C(C)(C)C)c1C)c1ccc(CCCCC)cc1)c1ccc(CCCCC)cc1.CCCCCCCC. The Hall–Kier alpha value is -5.73. The van der Waals surface area contributed by atoms with Crippen LogP contribution >= 0.6 is 0 Å². The summed E-state index contributed by atoms with van der Waals surface area (Å²) in [5.74, 6) is 0. The van der Waals surface area contributed by atoms with E-state index in [4.69, 9.17) is 11.6 Å². The fourth-order valence-corrected chi connectivity index (χ4v) is 9.91. The second kappa shape index (κ2) is 29.7. The van der Waals surface area contributed by atoms with E-state index in [-0.39, 0.29) is 10.8 Å². The number of aryl methyl sites for hydroxylation is 2. The molecule has 0 amide bonds. The summed E-state index contributed by atoms with van der Waals surface area (Å²) in [4.78, 5) is 9.60. The number of unbranched alkanes of at least 4 members (excludes halogenated alkanes) is 9. The molecule has 1 heterocycles. The van der Waals surface area contributed by atoms with Gasteiger partial charge in [-0.25, -0.2) is 4.99 Å². The molecule has 1 N–H and O–H groups in total. The van der Waals surface area contributed by atoms with Crippen molar-refractivity contribution in [3.05, 3.63) is 184 Å². The van der Waals surface area contributed by atoms with Crippen molar-refractivity contribution in [2.24, 2.45) is 10.4 Å². The van der Waals surface area contributed by atoms with E-state index in [1.807, 2.05) is 0 Å². The number of aromatic nitrogens is 1. The Bertz CT molecular complexity index is 2950. The zero-order valence-corrected chi connectivity index (χ0v) is 50.5. The van der Waals surface area contributed by atoms with Gasteiger partial charge in [-0.1, -0.05) is 268 Å². The summed E-state index contributed by atoms with van der Waals surface area (Å²) in [5, 5.41) is 2.53. The van der Waals surface area contributed by atoms with Crippen molar-refractivity contribution in [1.82, 2.24) is 4.98 Å². The van der Waals surface area contributed by atoms with Gasteiger partial charge in [-0.3, -0.25) is 0 Å². The molecule has 2 heteroatoms. The third-order valence-electron chi connectivity index (χ3n) is 15.6. The third-order valence-corrected chi connectivity index (χ3v) is 15.6. The normalized spacial score (nSPS) is 13.2. The van der Waals surface area contributed by atoms with Crippen LogP contribution in [0.25, 0.3) is 44.1 Å². The van der Waals surface area contributed by atoms with Crippen LogP contribution in [0.15, 0.2) is 139 Å². The summed E-state index contributed by atoms with van der Waals surface area (Å²) in [7, 11) is 0. The van der Waals surface area contributed by atoms with Gasteiger partial charge in [-0.05, 0) is 138 Å². The van der Waals surface area contributed by atoms with E-state index in [1.54, 1.807) is 0 Å². The largest absolute Gasteiger partial charge is 0.354 e. The first-order valence-corrected chi connectivity index (χ1v) is 29.7. The molecule has 0 saturated heterocycles. The summed E-state index contributed by atoms with van der Waals surface area (Å²) < 4.78 is 0. The van der Waals surface area contributed by atoms with E-state index in [1.165, 1.54) is 160 Å². The number of hydrogen-bond acceptors (Lipinski definition) is 1. The van der Waals surface area contributed by atoms with Crippen LogP contribution in [-0.2, 0) is 18.3 Å². The molecule has 0 unspecified atom stereocenters. The Labute approximate surface area is 464 Å². The van der Waals surface area contributed by atoms with E-state index in [9.17, 15) is 0 Å². The van der Waals surface area contributed by atoms with Gasteiger partial charge in [0.05, 0.1) is 11.4 Å². The Kier molecular flexibility index (Phi) is 23.9. The summed E-state index contributed by atoms with van der Waals surface area (Å²) in [5.41, 5.74) is 21.5. The second-order valence-electron chi connectivity index (χ2n) is 23.9. The zero-order valence-electron chi connectivity index (χ0n) is 50.5. The first kappa shape index (κ1) is 61.1. The number of nitrogens with one attached hydrogen (secondary N) is 1. The van der Waals surface area contributed by atoms with Crippen LogP contribution in [-0.4, -0.2) is 10.7 Å². The molecule has 0 aliphatic heterocycles. The molecular weight excluding hydrogens is 917 g/mol. The molecule has 76 heavy (non-hydrogen) atoms. The quantitative estimate of drug-likeness (QED) is 0.0356. The van der Waals surface area contributed by atoms with Crippen molar-refractivity contribution >= 4 is 55.5 Å². The van der Waals surface area contributed by atoms with E-state index in [0.29, 0.717) is 0 Å². The number of fused-ring (bicyclic) bond motifs is 3. The maximum atomic E-state index is 5.84. The van der Waals surface area contributed by atoms with Gasteiger partial charge in [0, 0.05) is 38.5 Å². The zero-order chi connectivity index (χ0) is 55.4. The van der Waals surface area contributed by atoms with E-state index < -0.39 is 0 Å². The van der Waals surface area contributed by atoms with Crippen LogP contribution in [0.2, 0.25) is 0 Å². The monoisotopic (exact) mass is 1020 g/mol. The van der Waals surface area contributed by atoms with Gasteiger partial charge >= 0.3 is 0 Å². The van der Waals surface area contributed by atoms with Crippen molar-refractivity contribution in [1.29, 1.82) is 0 Å². The number of aromatic amines is 1. The van der Waals surface area contributed by atoms with Gasteiger partial charge in [-0.2, -0.15) is 0 Å². The number of H-pyrrole nitrogens is 1. The molecule has 406 valence electrons. The summed E-state index contributed by atoms with van der Waals surface area (Å²) in [6.07, 6.45) is 29.2. The topological polar surface area (TPSA) is 28.1 Å². The maximum Gasteiger partial charge on any atom is 0.0781 e.